The second-order valence-corrected chi connectivity index (χ2v) is 11.4. The first-order chi connectivity index (χ1) is 9.97. The third-order valence-electron chi connectivity index (χ3n) is 5.09. The van der Waals surface area contributed by atoms with Crippen LogP contribution >= 0.6 is 0 Å². The van der Waals surface area contributed by atoms with Crippen molar-refractivity contribution >= 4 is 17.9 Å². The molecule has 1 fully saturated rings. The molecule has 0 spiro atoms. The zero-order valence-corrected chi connectivity index (χ0v) is 18.3. The van der Waals surface area contributed by atoms with Gasteiger partial charge < -0.3 is 0 Å². The van der Waals surface area contributed by atoms with Gasteiger partial charge in [0.05, 0.1) is 0 Å². The predicted octanol–water partition coefficient (Wildman–Crippen LogP) is 1.33. The van der Waals surface area contributed by atoms with Crippen LogP contribution in [0, 0.1) is 0 Å². The summed E-state index contributed by atoms with van der Waals surface area (Å²) in [5.41, 5.74) is 0. The molecule has 0 bridgehead atoms. The van der Waals surface area contributed by atoms with Crippen molar-refractivity contribution in [3.8, 4) is 0 Å². The Hall–Kier alpha value is 0.476. The van der Waals surface area contributed by atoms with Gasteiger partial charge in [0.25, 0.3) is 0 Å². The molecule has 0 aliphatic carbocycles. The molecular weight excluding hydrogens is 318 g/mol. The molecular formula is C16H37GaN4. The third kappa shape index (κ3) is 7.06. The van der Waals surface area contributed by atoms with Crippen LogP contribution < -0.4 is 0 Å². The van der Waals surface area contributed by atoms with Gasteiger partial charge in [-0.1, -0.05) is 0 Å². The summed E-state index contributed by atoms with van der Waals surface area (Å²) in [6.07, 6.45) is 5.24. The average molecular weight is 355 g/mol. The summed E-state index contributed by atoms with van der Waals surface area (Å²) in [5.74, 6) is 0. The number of hydrogen-bond donors (Lipinski definition) is 0. The molecule has 5 heteroatoms. The Kier molecular flexibility index (Phi) is 9.56. The molecule has 1 aliphatic rings. The monoisotopic (exact) mass is 354 g/mol. The van der Waals surface area contributed by atoms with Crippen molar-refractivity contribution in [2.45, 2.75) is 51.6 Å². The normalized spacial score (nSPS) is 20.2. The molecule has 4 nitrogen and oxygen atoms in total. The van der Waals surface area contributed by atoms with Gasteiger partial charge in [-0.05, 0) is 0 Å². The summed E-state index contributed by atoms with van der Waals surface area (Å²) in [4.78, 5) is 4.79. The molecule has 0 radical (unpaired) electrons. The second kappa shape index (κ2) is 10.3. The Morgan fingerprint density at radius 1 is 0.810 bits per heavy atom. The topological polar surface area (TPSA) is 13.0 Å². The van der Waals surface area contributed by atoms with E-state index in [9.17, 15) is 0 Å². The number of nitrogens with zero attached hydrogens (tertiary/aromatic N) is 4. The van der Waals surface area contributed by atoms with Crippen LogP contribution in [-0.4, -0.2) is 101 Å². The van der Waals surface area contributed by atoms with Gasteiger partial charge >= 0.3 is 141 Å². The minimum atomic E-state index is -0.613. The van der Waals surface area contributed by atoms with E-state index in [0.717, 1.165) is 12.1 Å². The first-order valence-corrected chi connectivity index (χ1v) is 11.4. The summed E-state index contributed by atoms with van der Waals surface area (Å²) in [7, 11) is 8.88. The Bertz CT molecular complexity index is 247. The molecule has 1 saturated heterocycles. The van der Waals surface area contributed by atoms with Crippen LogP contribution in [0.25, 0.3) is 0 Å². The van der Waals surface area contributed by atoms with Gasteiger partial charge in [0.2, 0.25) is 0 Å². The van der Waals surface area contributed by atoms with Gasteiger partial charge in [-0.2, -0.15) is 0 Å². The first kappa shape index (κ1) is 19.5. The SMILES string of the molecule is CCC(CC[N]1CC[N](CCC(CC)N(C)C)[GaH]1)N(C)C. The first-order valence-electron chi connectivity index (χ1n) is 8.75. The molecule has 124 valence electrons. The van der Waals surface area contributed by atoms with E-state index in [1.165, 1.54) is 51.9 Å². The van der Waals surface area contributed by atoms with Crippen LogP contribution in [-0.2, 0) is 0 Å². The molecule has 1 aliphatic heterocycles. The van der Waals surface area contributed by atoms with Gasteiger partial charge in [-0.25, -0.2) is 0 Å². The van der Waals surface area contributed by atoms with Crippen LogP contribution in [0.15, 0.2) is 0 Å². The Morgan fingerprint density at radius 3 is 1.48 bits per heavy atom. The summed E-state index contributed by atoms with van der Waals surface area (Å²) in [6.45, 7) is 9.96. The Balaban J connectivity index is 2.23. The van der Waals surface area contributed by atoms with E-state index in [0.29, 0.717) is 0 Å². The molecule has 1 rings (SSSR count). The fourth-order valence-corrected chi connectivity index (χ4v) is 7.12. The van der Waals surface area contributed by atoms with Crippen molar-refractivity contribution in [2.75, 3.05) is 54.4 Å². The minimum absolute atomic E-state index is 0.613. The zero-order chi connectivity index (χ0) is 15.8. The fourth-order valence-electron chi connectivity index (χ4n) is 3.39. The Labute approximate surface area is 141 Å². The van der Waals surface area contributed by atoms with E-state index < -0.39 is 17.9 Å². The predicted molar refractivity (Wildman–Crippen MR) is 95.1 cm³/mol. The quantitative estimate of drug-likeness (QED) is 0.548. The summed E-state index contributed by atoms with van der Waals surface area (Å²) in [5, 5.41) is 0. The molecule has 0 aromatic rings. The molecule has 0 aromatic heterocycles. The third-order valence-corrected chi connectivity index (χ3v) is 9.42. The van der Waals surface area contributed by atoms with Crippen LogP contribution in [0.1, 0.15) is 39.5 Å². The standard InChI is InChI=1S/C16H36N4.Ga.H/c1-7-15(19(3)4)9-11-17-13-14-18-12-10-16(8-2)20(5)6;;/h15-16H,7-14H2,1-6H3;;/q-2;+2;. The molecule has 2 atom stereocenters. The van der Waals surface area contributed by atoms with Crippen molar-refractivity contribution in [1.29, 1.82) is 0 Å². The van der Waals surface area contributed by atoms with Gasteiger partial charge in [-0.15, -0.1) is 0 Å². The molecule has 0 aromatic carbocycles. The zero-order valence-electron chi connectivity index (χ0n) is 15.3. The van der Waals surface area contributed by atoms with Gasteiger partial charge in [0.1, 0.15) is 0 Å². The van der Waals surface area contributed by atoms with E-state index in [-0.39, 0.29) is 0 Å². The van der Waals surface area contributed by atoms with Gasteiger partial charge in [0, 0.05) is 0 Å². The van der Waals surface area contributed by atoms with Crippen LogP contribution in [0.3, 0.4) is 0 Å². The second-order valence-electron chi connectivity index (χ2n) is 7.01. The molecule has 1 heterocycles. The summed E-state index contributed by atoms with van der Waals surface area (Å²) in [6, 6.07) is 1.53. The number of hydrogen-bond acceptors (Lipinski definition) is 4. The van der Waals surface area contributed by atoms with E-state index in [1.54, 1.807) is 0 Å². The molecule has 2 unspecified atom stereocenters. The maximum absolute atomic E-state index is 2.82. The fraction of sp³-hybridized carbons (Fsp3) is 1.00. The van der Waals surface area contributed by atoms with Crippen molar-refractivity contribution < 1.29 is 0 Å². The average Bonchev–Trinajstić information content (AvgIpc) is 2.87. The van der Waals surface area contributed by atoms with Gasteiger partial charge in [-0.3, -0.25) is 0 Å². The van der Waals surface area contributed by atoms with Crippen molar-refractivity contribution in [2.24, 2.45) is 0 Å². The van der Waals surface area contributed by atoms with Crippen molar-refractivity contribution in [3.05, 3.63) is 0 Å². The maximum atomic E-state index is 2.82. The van der Waals surface area contributed by atoms with Crippen LogP contribution in [0.5, 0.6) is 0 Å². The number of rotatable bonds is 10. The van der Waals surface area contributed by atoms with E-state index in [2.05, 4.69) is 59.1 Å². The molecule has 0 N–H and O–H groups in total. The molecule has 0 saturated carbocycles. The van der Waals surface area contributed by atoms with Crippen LogP contribution in [0.4, 0.5) is 0 Å². The van der Waals surface area contributed by atoms with E-state index in [4.69, 9.17) is 0 Å². The van der Waals surface area contributed by atoms with Gasteiger partial charge in [0.15, 0.2) is 0 Å². The molecule has 0 amide bonds. The van der Waals surface area contributed by atoms with Crippen molar-refractivity contribution in [1.82, 2.24) is 17.0 Å². The van der Waals surface area contributed by atoms with E-state index >= 15 is 0 Å². The van der Waals surface area contributed by atoms with E-state index in [1.807, 2.05) is 0 Å². The Morgan fingerprint density at radius 2 is 1.19 bits per heavy atom. The molecule has 21 heavy (non-hydrogen) atoms. The van der Waals surface area contributed by atoms with Crippen molar-refractivity contribution in [3.63, 3.8) is 0 Å². The summed E-state index contributed by atoms with van der Waals surface area (Å²) >= 11 is -0.613. The van der Waals surface area contributed by atoms with Crippen LogP contribution in [0.2, 0.25) is 0 Å². The summed E-state index contributed by atoms with van der Waals surface area (Å²) < 4.78 is 5.63.